The maximum Gasteiger partial charge on any atom is 0.321 e. The largest absolute Gasteiger partial charge is 0.462 e. The highest BCUT2D eigenvalue weighted by Crippen LogP contribution is 2.24. The molecule has 20 heavy (non-hydrogen) atoms. The second-order valence-electron chi connectivity index (χ2n) is 5.15. The fourth-order valence-corrected chi connectivity index (χ4v) is 3.28. The lowest BCUT2D eigenvalue weighted by Crippen LogP contribution is -2.31. The van der Waals surface area contributed by atoms with E-state index in [0.29, 0.717) is 0 Å². The molecule has 0 heterocycles. The van der Waals surface area contributed by atoms with Gasteiger partial charge in [0.1, 0.15) is 6.54 Å². The Balaban J connectivity index is 2.05. The Morgan fingerprint density at radius 1 is 1.30 bits per heavy atom. The van der Waals surface area contributed by atoms with Gasteiger partial charge in [-0.05, 0) is 56.4 Å². The fourth-order valence-electron chi connectivity index (χ4n) is 2.26. The molecule has 2 rings (SSSR count). The fraction of sp³-hybridized carbons (Fsp3) is 0.500. The third-order valence-corrected chi connectivity index (χ3v) is 4.55. The van der Waals surface area contributed by atoms with E-state index in [-0.39, 0.29) is 17.5 Å². The molecule has 0 aromatic heterocycles. The van der Waals surface area contributed by atoms with Crippen molar-refractivity contribution in [3.63, 3.8) is 0 Å². The molecule has 110 valence electrons. The minimum Gasteiger partial charge on any atom is -0.462 e. The van der Waals surface area contributed by atoms with Gasteiger partial charge in [0.05, 0.1) is 11.0 Å². The second-order valence-corrected chi connectivity index (χ2v) is 6.91. The molecule has 5 nitrogen and oxygen atoms in total. The zero-order chi connectivity index (χ0) is 14.8. The summed E-state index contributed by atoms with van der Waals surface area (Å²) >= 11 is 0. The topological polar surface area (TPSA) is 72.5 Å². The van der Waals surface area contributed by atoms with E-state index < -0.39 is 16.0 Å². The van der Waals surface area contributed by atoms with Crippen molar-refractivity contribution in [1.82, 2.24) is 4.72 Å². The van der Waals surface area contributed by atoms with Crippen molar-refractivity contribution in [2.24, 2.45) is 0 Å². The average Bonchev–Trinajstić information content (AvgIpc) is 2.83. The Bertz CT molecular complexity index is 608. The maximum atomic E-state index is 12.1. The van der Waals surface area contributed by atoms with Crippen LogP contribution in [0.25, 0.3) is 0 Å². The molecule has 1 N–H and O–H groups in total. The number of hydrogen-bond acceptors (Lipinski definition) is 4. The number of esters is 1. The number of carbonyl (C=O) groups excluding carboxylic acids is 1. The highest BCUT2D eigenvalue weighted by atomic mass is 32.2. The van der Waals surface area contributed by atoms with Gasteiger partial charge >= 0.3 is 5.97 Å². The summed E-state index contributed by atoms with van der Waals surface area (Å²) in [4.78, 5) is 11.6. The Labute approximate surface area is 119 Å². The zero-order valence-electron chi connectivity index (χ0n) is 11.7. The summed E-state index contributed by atoms with van der Waals surface area (Å²) in [5.41, 5.74) is 2.29. The number of sulfonamides is 1. The summed E-state index contributed by atoms with van der Waals surface area (Å²) in [6, 6.07) is 5.13. The van der Waals surface area contributed by atoms with Crippen molar-refractivity contribution < 1.29 is 17.9 Å². The minimum atomic E-state index is -3.66. The molecule has 1 aliphatic carbocycles. The van der Waals surface area contributed by atoms with E-state index in [1.165, 1.54) is 5.56 Å². The van der Waals surface area contributed by atoms with Crippen molar-refractivity contribution in [3.8, 4) is 0 Å². The zero-order valence-corrected chi connectivity index (χ0v) is 12.5. The summed E-state index contributed by atoms with van der Waals surface area (Å²) in [5, 5.41) is 0. The van der Waals surface area contributed by atoms with Crippen LogP contribution in [0.4, 0.5) is 0 Å². The van der Waals surface area contributed by atoms with Gasteiger partial charge in [-0.15, -0.1) is 0 Å². The minimum absolute atomic E-state index is 0.204. The summed E-state index contributed by atoms with van der Waals surface area (Å²) in [6.07, 6.45) is 2.72. The lowest BCUT2D eigenvalue weighted by Gasteiger charge is -2.10. The van der Waals surface area contributed by atoms with Gasteiger partial charge in [0.2, 0.25) is 10.0 Å². The molecule has 1 aliphatic rings. The van der Waals surface area contributed by atoms with Crippen molar-refractivity contribution >= 4 is 16.0 Å². The molecule has 1 aromatic carbocycles. The molecular weight excluding hydrogens is 278 g/mol. The third-order valence-electron chi connectivity index (χ3n) is 3.15. The lowest BCUT2D eigenvalue weighted by molar-refractivity contribution is -0.145. The Hall–Kier alpha value is -1.40. The summed E-state index contributed by atoms with van der Waals surface area (Å²) in [7, 11) is -3.66. The number of hydrogen-bond donors (Lipinski definition) is 1. The number of aryl methyl sites for hydroxylation is 2. The Kier molecular flexibility index (Phi) is 4.45. The quantitative estimate of drug-likeness (QED) is 0.834. The van der Waals surface area contributed by atoms with Crippen molar-refractivity contribution in [3.05, 3.63) is 29.3 Å². The van der Waals surface area contributed by atoms with Gasteiger partial charge in [-0.1, -0.05) is 6.07 Å². The third kappa shape index (κ3) is 3.58. The van der Waals surface area contributed by atoms with Gasteiger partial charge in [-0.3, -0.25) is 4.79 Å². The van der Waals surface area contributed by atoms with Crippen LogP contribution in [0.5, 0.6) is 0 Å². The summed E-state index contributed by atoms with van der Waals surface area (Å²) in [6.45, 7) is 3.08. The van der Waals surface area contributed by atoms with E-state index in [1.807, 2.05) is 6.07 Å². The first-order chi connectivity index (χ1) is 9.38. The van der Waals surface area contributed by atoms with E-state index in [9.17, 15) is 13.2 Å². The standard InChI is InChI=1S/C14H19NO4S/c1-10(2)19-14(16)9-15-20(17,18)13-7-6-11-4-3-5-12(11)8-13/h6-8,10,15H,3-5,9H2,1-2H3. The van der Waals surface area contributed by atoms with Gasteiger partial charge in [0, 0.05) is 0 Å². The van der Waals surface area contributed by atoms with Crippen molar-refractivity contribution in [1.29, 1.82) is 0 Å². The van der Waals surface area contributed by atoms with Gasteiger partial charge in [-0.2, -0.15) is 4.72 Å². The van der Waals surface area contributed by atoms with Crippen LogP contribution in [0.3, 0.4) is 0 Å². The molecule has 0 spiro atoms. The van der Waals surface area contributed by atoms with Crippen LogP contribution in [0.1, 0.15) is 31.4 Å². The molecule has 0 unspecified atom stereocenters. The molecule has 0 saturated heterocycles. The molecule has 0 atom stereocenters. The first-order valence-electron chi connectivity index (χ1n) is 6.69. The molecular formula is C14H19NO4S. The van der Waals surface area contributed by atoms with Crippen LogP contribution in [-0.2, 0) is 32.4 Å². The van der Waals surface area contributed by atoms with E-state index in [4.69, 9.17) is 4.74 Å². The van der Waals surface area contributed by atoms with Crippen LogP contribution in [-0.4, -0.2) is 27.0 Å². The van der Waals surface area contributed by atoms with Crippen molar-refractivity contribution in [2.45, 2.75) is 44.1 Å². The Morgan fingerprint density at radius 3 is 2.70 bits per heavy atom. The van der Waals surface area contributed by atoms with E-state index in [2.05, 4.69) is 4.72 Å². The van der Waals surface area contributed by atoms with E-state index >= 15 is 0 Å². The number of ether oxygens (including phenoxy) is 1. The average molecular weight is 297 g/mol. The monoisotopic (exact) mass is 297 g/mol. The van der Waals surface area contributed by atoms with Crippen LogP contribution >= 0.6 is 0 Å². The van der Waals surface area contributed by atoms with Gasteiger partial charge in [0.15, 0.2) is 0 Å². The number of benzene rings is 1. The lowest BCUT2D eigenvalue weighted by atomic mass is 10.1. The summed E-state index contributed by atoms with van der Waals surface area (Å²) < 4.78 is 31.4. The second kappa shape index (κ2) is 5.93. The smallest absolute Gasteiger partial charge is 0.321 e. The van der Waals surface area contributed by atoms with Crippen LogP contribution in [0.2, 0.25) is 0 Å². The molecule has 0 fully saturated rings. The normalized spacial score (nSPS) is 14.3. The van der Waals surface area contributed by atoms with Crippen LogP contribution in [0.15, 0.2) is 23.1 Å². The van der Waals surface area contributed by atoms with E-state index in [0.717, 1.165) is 24.8 Å². The highest BCUT2D eigenvalue weighted by molar-refractivity contribution is 7.89. The molecule has 0 saturated carbocycles. The predicted molar refractivity (Wildman–Crippen MR) is 74.9 cm³/mol. The number of rotatable bonds is 5. The highest BCUT2D eigenvalue weighted by Gasteiger charge is 2.19. The van der Waals surface area contributed by atoms with Gasteiger partial charge in [-0.25, -0.2) is 8.42 Å². The van der Waals surface area contributed by atoms with Gasteiger partial charge < -0.3 is 4.74 Å². The molecule has 1 aromatic rings. The maximum absolute atomic E-state index is 12.1. The first kappa shape index (κ1) is 15.0. The van der Waals surface area contributed by atoms with Gasteiger partial charge in [0.25, 0.3) is 0 Å². The summed E-state index contributed by atoms with van der Waals surface area (Å²) in [5.74, 6) is -0.579. The molecule has 0 radical (unpaired) electrons. The Morgan fingerprint density at radius 2 is 2.00 bits per heavy atom. The number of carbonyl (C=O) groups is 1. The molecule has 0 aliphatic heterocycles. The number of nitrogens with one attached hydrogen (secondary N) is 1. The predicted octanol–water partition coefficient (Wildman–Crippen LogP) is 1.41. The van der Waals surface area contributed by atoms with Crippen LogP contribution < -0.4 is 4.72 Å². The van der Waals surface area contributed by atoms with Crippen LogP contribution in [0, 0.1) is 0 Å². The number of fused-ring (bicyclic) bond motifs is 1. The molecule has 0 bridgehead atoms. The van der Waals surface area contributed by atoms with E-state index in [1.54, 1.807) is 26.0 Å². The molecule has 6 heteroatoms. The molecule has 0 amide bonds. The SMILES string of the molecule is CC(C)OC(=O)CNS(=O)(=O)c1ccc2c(c1)CCC2. The first-order valence-corrected chi connectivity index (χ1v) is 8.18. The van der Waals surface area contributed by atoms with Crippen molar-refractivity contribution in [2.75, 3.05) is 6.54 Å².